The van der Waals surface area contributed by atoms with Crippen LogP contribution in [-0.2, 0) is 7.05 Å². The van der Waals surface area contributed by atoms with Gasteiger partial charge in [0.15, 0.2) is 11.9 Å². The van der Waals surface area contributed by atoms with Crippen molar-refractivity contribution < 1.29 is 8.98 Å². The Balaban J connectivity index is 1.57. The van der Waals surface area contributed by atoms with Crippen LogP contribution in [0.2, 0.25) is 12.1 Å². The molecule has 0 saturated carbocycles. The lowest BCUT2D eigenvalue weighted by Crippen LogP contribution is -2.61. The van der Waals surface area contributed by atoms with Crippen LogP contribution in [0.3, 0.4) is 0 Å². The summed E-state index contributed by atoms with van der Waals surface area (Å²) >= 11 is 0. The molecule has 0 spiro atoms. The zero-order valence-corrected chi connectivity index (χ0v) is 29.5. The van der Waals surface area contributed by atoms with Gasteiger partial charge in [0, 0.05) is 28.5 Å². The lowest BCUT2D eigenvalue weighted by Gasteiger charge is -2.42. The molecule has 0 saturated heterocycles. The zero-order valence-electron chi connectivity index (χ0n) is 28.5. The summed E-state index contributed by atoms with van der Waals surface area (Å²) in [6, 6.07) is 37.4. The Kier molecular flexibility index (Phi) is 8.03. The van der Waals surface area contributed by atoms with Gasteiger partial charge in [-0.05, 0) is 47.0 Å². The van der Waals surface area contributed by atoms with Crippen molar-refractivity contribution in [3.8, 4) is 22.4 Å². The number of nitrogens with zero attached hydrogens (tertiary/aromatic N) is 2. The molecule has 0 fully saturated rings. The summed E-state index contributed by atoms with van der Waals surface area (Å²) in [5, 5.41) is 5.04. The van der Waals surface area contributed by atoms with Gasteiger partial charge < -0.3 is 4.42 Å². The van der Waals surface area contributed by atoms with Gasteiger partial charge in [0.05, 0.1) is 12.1 Å². The highest BCUT2D eigenvalue weighted by molar-refractivity contribution is 7.02. The van der Waals surface area contributed by atoms with Crippen LogP contribution in [0.5, 0.6) is 0 Å². The molecule has 2 aromatic heterocycles. The number of benzene rings is 4. The monoisotopic (exact) mass is 621 g/mol. The highest BCUT2D eigenvalue weighted by atomic mass is 28.3. The first-order valence-corrected chi connectivity index (χ1v) is 18.7. The highest BCUT2D eigenvalue weighted by Gasteiger charge is 2.43. The van der Waals surface area contributed by atoms with Gasteiger partial charge in [-0.25, -0.2) is 9.41 Å². The fourth-order valence-electron chi connectivity index (χ4n) is 7.63. The minimum atomic E-state index is -2.19. The van der Waals surface area contributed by atoms with Crippen molar-refractivity contribution in [1.29, 1.82) is 0 Å². The topological polar surface area (TPSA) is 21.4 Å². The number of hydrogen-bond donors (Lipinski definition) is 0. The van der Waals surface area contributed by atoms with Crippen molar-refractivity contribution in [2.75, 3.05) is 0 Å². The molecule has 0 bridgehead atoms. The maximum Gasteiger partial charge on any atom is 0.216 e. The first kappa shape index (κ1) is 31.5. The summed E-state index contributed by atoms with van der Waals surface area (Å²) in [6.07, 6.45) is 2.07. The van der Waals surface area contributed by atoms with Crippen LogP contribution in [0.1, 0.15) is 47.1 Å². The smallest absolute Gasteiger partial charge is 0.216 e. The zero-order chi connectivity index (χ0) is 32.9. The van der Waals surface area contributed by atoms with Gasteiger partial charge in [0.1, 0.15) is 26.3 Å². The maximum absolute atomic E-state index is 8.12. The first-order valence-electron chi connectivity index (χ1n) is 16.3. The number of hydrogen-bond acceptors (Lipinski definition) is 1. The van der Waals surface area contributed by atoms with Crippen LogP contribution in [-0.4, -0.2) is 8.07 Å². The third kappa shape index (κ3) is 5.81. The molecule has 232 valence electrons. The first-order chi connectivity index (χ1) is 21.8. The summed E-state index contributed by atoms with van der Waals surface area (Å²) in [5.41, 5.74) is 7.83. The summed E-state index contributed by atoms with van der Waals surface area (Å²) in [7, 11) is -0.119. The minimum Gasteiger partial charge on any atom is -0.456 e. The number of fused-ring (bicyclic) bond motifs is 3. The van der Waals surface area contributed by atoms with Crippen LogP contribution < -0.4 is 14.9 Å². The molecule has 0 radical (unpaired) electrons. The molecule has 0 aliphatic heterocycles. The molecule has 0 atom stereocenters. The Morgan fingerprint density at radius 2 is 1.24 bits per heavy atom. The SMILES string of the molecule is [C-]#[N+]c1ccc2c(oc3c(-c4cccc[n+]4C)c(C)ccc32)c1-c1ccc([Si](CC(C)(C)C)(CC(C)(C)C)c2ccccc2)cc1. The van der Waals surface area contributed by atoms with E-state index in [4.69, 9.17) is 11.0 Å². The van der Waals surface area contributed by atoms with Gasteiger partial charge in [-0.15, -0.1) is 0 Å². The van der Waals surface area contributed by atoms with Crippen LogP contribution in [0.15, 0.2) is 108 Å². The highest BCUT2D eigenvalue weighted by Crippen LogP contribution is 2.44. The predicted octanol–water partition coefficient (Wildman–Crippen LogP) is 10.3. The van der Waals surface area contributed by atoms with E-state index in [9.17, 15) is 0 Å². The Morgan fingerprint density at radius 1 is 0.674 bits per heavy atom. The number of aromatic nitrogens is 1. The van der Waals surface area contributed by atoms with E-state index in [1.165, 1.54) is 10.4 Å². The second kappa shape index (κ2) is 11.7. The average Bonchev–Trinajstić information content (AvgIpc) is 3.38. The molecule has 2 heterocycles. The molecule has 0 aliphatic rings. The number of rotatable bonds is 6. The quantitative estimate of drug-likeness (QED) is 0.103. The molecule has 3 nitrogen and oxygen atoms in total. The number of furan rings is 1. The average molecular weight is 622 g/mol. The Hall–Kier alpha value is -4.46. The summed E-state index contributed by atoms with van der Waals surface area (Å²) in [6.45, 7) is 24.5. The molecule has 4 heteroatoms. The summed E-state index contributed by atoms with van der Waals surface area (Å²) in [5.74, 6) is 0. The lowest BCUT2D eigenvalue weighted by molar-refractivity contribution is -0.660. The summed E-state index contributed by atoms with van der Waals surface area (Å²) in [4.78, 5) is 3.99. The third-order valence-electron chi connectivity index (χ3n) is 9.14. The molecule has 6 rings (SSSR count). The molecule has 0 unspecified atom stereocenters. The molecule has 0 amide bonds. The molecular weight excluding hydrogens is 577 g/mol. The number of pyridine rings is 1. The van der Waals surface area contributed by atoms with E-state index in [-0.39, 0.29) is 10.8 Å². The molecule has 6 aromatic rings. The number of aryl methyl sites for hydroxylation is 2. The molecule has 0 N–H and O–H groups in total. The van der Waals surface area contributed by atoms with Gasteiger partial charge in [-0.1, -0.05) is 131 Å². The van der Waals surface area contributed by atoms with E-state index in [1.807, 2.05) is 12.1 Å². The Bertz CT molecular complexity index is 2070. The van der Waals surface area contributed by atoms with Gasteiger partial charge >= 0.3 is 0 Å². The van der Waals surface area contributed by atoms with Crippen molar-refractivity contribution in [2.24, 2.45) is 17.9 Å². The van der Waals surface area contributed by atoms with Crippen LogP contribution in [0.25, 0.3) is 49.2 Å². The van der Waals surface area contributed by atoms with Crippen LogP contribution >= 0.6 is 0 Å². The van der Waals surface area contributed by atoms with Gasteiger partial charge in [-0.3, -0.25) is 0 Å². The van der Waals surface area contributed by atoms with E-state index in [0.717, 1.165) is 62.0 Å². The van der Waals surface area contributed by atoms with E-state index < -0.39 is 8.07 Å². The van der Waals surface area contributed by atoms with Gasteiger partial charge in [0.25, 0.3) is 0 Å². The standard InChI is InChI=1S/C42H45N2OSi/c1-29-18-23-33-34-24-25-35(43-8)38(40(34)45-39(33)37(29)36-17-13-14-26-44(36)9)30-19-21-32(22-20-30)46(27-41(2,3)4,28-42(5,6)7)31-15-11-10-12-16-31/h10-26H,27-28H2,1-7,9H3/q+1. The van der Waals surface area contributed by atoms with Crippen molar-refractivity contribution >= 4 is 46.1 Å². The summed E-state index contributed by atoms with van der Waals surface area (Å²) < 4.78 is 8.99. The Labute approximate surface area is 275 Å². The van der Waals surface area contributed by atoms with Crippen molar-refractivity contribution in [3.63, 3.8) is 0 Å². The van der Waals surface area contributed by atoms with Crippen molar-refractivity contribution in [2.45, 2.75) is 60.6 Å². The fraction of sp³-hybridized carbons (Fsp3) is 0.286. The second-order valence-electron chi connectivity index (χ2n) is 15.4. The second-order valence-corrected chi connectivity index (χ2v) is 19.4. The predicted molar refractivity (Wildman–Crippen MR) is 197 cm³/mol. The molecule has 46 heavy (non-hydrogen) atoms. The van der Waals surface area contributed by atoms with E-state index in [2.05, 4.69) is 156 Å². The van der Waals surface area contributed by atoms with Gasteiger partial charge in [0.2, 0.25) is 5.69 Å². The Morgan fingerprint density at radius 3 is 1.83 bits per heavy atom. The fourth-order valence-corrected chi connectivity index (χ4v) is 14.2. The van der Waals surface area contributed by atoms with E-state index in [1.54, 1.807) is 0 Å². The third-order valence-corrected chi connectivity index (χ3v) is 15.3. The molecule has 4 aromatic carbocycles. The van der Waals surface area contributed by atoms with Crippen LogP contribution in [0.4, 0.5) is 5.69 Å². The largest absolute Gasteiger partial charge is 0.456 e. The van der Waals surface area contributed by atoms with Crippen molar-refractivity contribution in [3.05, 3.63) is 120 Å². The lowest BCUT2D eigenvalue weighted by atomic mass is 9.98. The van der Waals surface area contributed by atoms with E-state index >= 15 is 0 Å². The van der Waals surface area contributed by atoms with Crippen LogP contribution in [0, 0.1) is 24.3 Å². The normalized spacial score (nSPS) is 12.5. The van der Waals surface area contributed by atoms with E-state index in [0.29, 0.717) is 5.69 Å². The molecular formula is C42H45N2OSi+. The maximum atomic E-state index is 8.12. The van der Waals surface area contributed by atoms with Crippen molar-refractivity contribution in [1.82, 2.24) is 0 Å². The van der Waals surface area contributed by atoms with Gasteiger partial charge in [-0.2, -0.15) is 0 Å². The minimum absolute atomic E-state index is 0.175. The molecule has 0 aliphatic carbocycles.